The predicted octanol–water partition coefficient (Wildman–Crippen LogP) is 1.91. The van der Waals surface area contributed by atoms with Gasteiger partial charge in [0, 0.05) is 31.6 Å². The lowest BCUT2D eigenvalue weighted by Gasteiger charge is -2.34. The molecule has 0 bridgehead atoms. The quantitative estimate of drug-likeness (QED) is 0.416. The van der Waals surface area contributed by atoms with Crippen molar-refractivity contribution in [1.29, 1.82) is 0 Å². The summed E-state index contributed by atoms with van der Waals surface area (Å²) in [6, 6.07) is 10.8. The maximum absolute atomic E-state index is 14.7. The molecule has 5 rings (SSSR count). The van der Waals surface area contributed by atoms with Gasteiger partial charge < -0.3 is 9.80 Å². The molecule has 3 heterocycles. The summed E-state index contributed by atoms with van der Waals surface area (Å²) in [5.41, 5.74) is 0.0000260. The van der Waals surface area contributed by atoms with Crippen LogP contribution in [0, 0.1) is 18.2 Å². The van der Waals surface area contributed by atoms with Gasteiger partial charge >= 0.3 is 5.69 Å². The van der Waals surface area contributed by atoms with E-state index in [-0.39, 0.29) is 49.9 Å². The molecule has 1 fully saturated rings. The number of benzene rings is 2. The molecule has 0 unspecified atom stereocenters. The van der Waals surface area contributed by atoms with Gasteiger partial charge in [-0.1, -0.05) is 18.2 Å². The summed E-state index contributed by atoms with van der Waals surface area (Å²) >= 11 is 1.21. The second-order valence-corrected chi connectivity index (χ2v) is 9.30. The van der Waals surface area contributed by atoms with Crippen LogP contribution in [0.5, 0.6) is 0 Å². The maximum atomic E-state index is 14.7. The minimum absolute atomic E-state index is 0.0340. The van der Waals surface area contributed by atoms with Crippen molar-refractivity contribution >= 4 is 34.1 Å². The number of hydrogen-bond donors (Lipinski definition) is 1. The normalized spacial score (nSPS) is 13.5. The van der Waals surface area contributed by atoms with Crippen LogP contribution in [0.3, 0.4) is 0 Å². The number of halogens is 1. The lowest BCUT2D eigenvalue weighted by atomic mass is 10.1. The molecule has 2 amide bonds. The topological polar surface area (TPSA) is 108 Å². The van der Waals surface area contributed by atoms with Crippen LogP contribution in [0.1, 0.15) is 31.4 Å². The van der Waals surface area contributed by atoms with E-state index in [1.54, 1.807) is 34.5 Å². The Morgan fingerprint density at radius 3 is 2.46 bits per heavy atom. The van der Waals surface area contributed by atoms with Crippen molar-refractivity contribution in [2.45, 2.75) is 6.54 Å². The number of fused-ring (bicyclic) bond motifs is 1. The minimum atomic E-state index is -0.685. The van der Waals surface area contributed by atoms with E-state index in [0.717, 1.165) is 0 Å². The van der Waals surface area contributed by atoms with E-state index in [1.165, 1.54) is 39.0 Å². The first-order valence-electron chi connectivity index (χ1n) is 11.4. The molecule has 0 radical (unpaired) electrons. The van der Waals surface area contributed by atoms with E-state index in [9.17, 15) is 23.6 Å². The van der Waals surface area contributed by atoms with Crippen LogP contribution >= 0.6 is 11.3 Å². The van der Waals surface area contributed by atoms with Gasteiger partial charge in [0.2, 0.25) is 0 Å². The van der Waals surface area contributed by atoms with Crippen LogP contribution < -0.4 is 11.2 Å². The molecule has 0 aliphatic carbocycles. The van der Waals surface area contributed by atoms with Crippen LogP contribution in [0.25, 0.3) is 10.9 Å². The first-order valence-corrected chi connectivity index (χ1v) is 12.2. The Morgan fingerprint density at radius 1 is 1.05 bits per heavy atom. The summed E-state index contributed by atoms with van der Waals surface area (Å²) in [4.78, 5) is 60.0. The highest BCUT2D eigenvalue weighted by atomic mass is 32.1. The number of carbonyl (C=O) groups excluding carboxylic acids is 2. The standard InChI is InChI=1S/C26H20FN5O4S/c1-2-22-28-20(15-37-22)25(35)31-11-9-30(10-12-31)24(34)18-13-16(7-8-19(18)27)14-32-21-6-4-3-5-17(21)23(33)29-26(32)36/h1,3-8,13,15H,9-12,14H2,(H,29,33,36). The van der Waals surface area contributed by atoms with E-state index in [2.05, 4.69) is 15.9 Å². The molecule has 0 saturated carbocycles. The maximum Gasteiger partial charge on any atom is 0.329 e. The van der Waals surface area contributed by atoms with Crippen molar-refractivity contribution in [2.24, 2.45) is 0 Å². The number of aromatic amines is 1. The summed E-state index contributed by atoms with van der Waals surface area (Å²) in [6.07, 6.45) is 5.32. The Balaban J connectivity index is 1.33. The van der Waals surface area contributed by atoms with Gasteiger partial charge in [-0.15, -0.1) is 17.8 Å². The third kappa shape index (κ3) is 4.66. The number of nitrogens with one attached hydrogen (secondary N) is 1. The smallest absolute Gasteiger partial charge is 0.329 e. The fourth-order valence-electron chi connectivity index (χ4n) is 4.30. The number of thiazole rings is 1. The third-order valence-corrected chi connectivity index (χ3v) is 6.98. The molecular weight excluding hydrogens is 497 g/mol. The van der Waals surface area contributed by atoms with Gasteiger partial charge in [-0.25, -0.2) is 14.2 Å². The monoisotopic (exact) mass is 517 g/mol. The Hall–Kier alpha value is -4.56. The first kappa shape index (κ1) is 24.1. The van der Waals surface area contributed by atoms with Gasteiger partial charge in [0.15, 0.2) is 5.01 Å². The Labute approximate surface area is 213 Å². The number of para-hydroxylation sites is 1. The summed E-state index contributed by atoms with van der Waals surface area (Å²) in [6.45, 7) is 1.03. The molecule has 2 aromatic carbocycles. The summed E-state index contributed by atoms with van der Waals surface area (Å²) in [5.74, 6) is 0.940. The molecule has 2 aromatic heterocycles. The summed E-state index contributed by atoms with van der Waals surface area (Å²) in [5, 5.41) is 2.37. The highest BCUT2D eigenvalue weighted by Crippen LogP contribution is 2.18. The number of nitrogens with zero attached hydrogens (tertiary/aromatic N) is 4. The molecule has 9 nitrogen and oxygen atoms in total. The van der Waals surface area contributed by atoms with Gasteiger partial charge in [-0.3, -0.25) is 23.9 Å². The zero-order chi connectivity index (χ0) is 26.1. The van der Waals surface area contributed by atoms with Crippen LogP contribution in [-0.4, -0.2) is 62.3 Å². The highest BCUT2D eigenvalue weighted by molar-refractivity contribution is 7.10. The molecular formula is C26H20FN5O4S. The molecule has 186 valence electrons. The summed E-state index contributed by atoms with van der Waals surface area (Å²) < 4.78 is 16.1. The van der Waals surface area contributed by atoms with Crippen LogP contribution in [0.15, 0.2) is 57.4 Å². The number of aromatic nitrogens is 3. The van der Waals surface area contributed by atoms with Gasteiger partial charge in [0.05, 0.1) is 23.0 Å². The molecule has 11 heteroatoms. The predicted molar refractivity (Wildman–Crippen MR) is 136 cm³/mol. The SMILES string of the molecule is C#Cc1nc(C(=O)N2CCN(C(=O)c3cc(Cn4c(=O)[nH]c(=O)c5ccccc54)ccc3F)CC2)cs1. The molecule has 1 aliphatic rings. The van der Waals surface area contributed by atoms with Gasteiger partial charge in [-0.2, -0.15) is 0 Å². The lowest BCUT2D eigenvalue weighted by Crippen LogP contribution is -2.50. The zero-order valence-corrected chi connectivity index (χ0v) is 20.3. The molecule has 4 aromatic rings. The van der Waals surface area contributed by atoms with Crippen LogP contribution in [0.4, 0.5) is 4.39 Å². The molecule has 0 spiro atoms. The average Bonchev–Trinajstić information content (AvgIpc) is 3.41. The number of piperazine rings is 1. The van der Waals surface area contributed by atoms with E-state index in [4.69, 9.17) is 6.42 Å². The highest BCUT2D eigenvalue weighted by Gasteiger charge is 2.28. The van der Waals surface area contributed by atoms with Gasteiger partial charge in [-0.05, 0) is 35.7 Å². The molecule has 0 atom stereocenters. The number of H-pyrrole nitrogens is 1. The van der Waals surface area contributed by atoms with E-state index < -0.39 is 23.0 Å². The second-order valence-electron chi connectivity index (χ2n) is 8.44. The van der Waals surface area contributed by atoms with E-state index >= 15 is 0 Å². The molecule has 1 N–H and O–H groups in total. The zero-order valence-electron chi connectivity index (χ0n) is 19.4. The molecule has 1 saturated heterocycles. The fraction of sp³-hybridized carbons (Fsp3) is 0.192. The number of terminal acetylenes is 1. The molecule has 1 aliphatic heterocycles. The largest absolute Gasteiger partial charge is 0.335 e. The van der Waals surface area contributed by atoms with Gasteiger partial charge in [0.1, 0.15) is 11.5 Å². The Morgan fingerprint density at radius 2 is 1.76 bits per heavy atom. The fourth-order valence-corrected chi connectivity index (χ4v) is 4.90. The third-order valence-electron chi connectivity index (χ3n) is 6.21. The minimum Gasteiger partial charge on any atom is -0.335 e. The van der Waals surface area contributed by atoms with Gasteiger partial charge in [0.25, 0.3) is 17.4 Å². The first-order chi connectivity index (χ1) is 17.9. The van der Waals surface area contributed by atoms with Crippen molar-refractivity contribution in [3.05, 3.63) is 96.3 Å². The van der Waals surface area contributed by atoms with Crippen molar-refractivity contribution in [3.8, 4) is 12.3 Å². The van der Waals surface area contributed by atoms with E-state index in [1.807, 2.05) is 0 Å². The summed E-state index contributed by atoms with van der Waals surface area (Å²) in [7, 11) is 0. The van der Waals surface area contributed by atoms with Crippen molar-refractivity contribution in [1.82, 2.24) is 24.3 Å². The van der Waals surface area contributed by atoms with Crippen molar-refractivity contribution < 1.29 is 14.0 Å². The second kappa shape index (κ2) is 9.83. The van der Waals surface area contributed by atoms with Crippen molar-refractivity contribution in [3.63, 3.8) is 0 Å². The Bertz CT molecular complexity index is 1690. The lowest BCUT2D eigenvalue weighted by molar-refractivity contribution is 0.0530. The van der Waals surface area contributed by atoms with Crippen LogP contribution in [-0.2, 0) is 6.54 Å². The number of carbonyl (C=O) groups is 2. The number of hydrogen-bond acceptors (Lipinski definition) is 6. The number of rotatable bonds is 4. The van der Waals surface area contributed by atoms with E-state index in [0.29, 0.717) is 21.5 Å². The van der Waals surface area contributed by atoms with Crippen LogP contribution in [0.2, 0.25) is 0 Å². The Kier molecular flexibility index (Phi) is 6.42. The number of amides is 2. The molecule has 37 heavy (non-hydrogen) atoms. The van der Waals surface area contributed by atoms with Crippen molar-refractivity contribution in [2.75, 3.05) is 26.2 Å². The average molecular weight is 518 g/mol.